The summed E-state index contributed by atoms with van der Waals surface area (Å²) in [6, 6.07) is 57.4. The lowest BCUT2D eigenvalue weighted by molar-refractivity contribution is 0.673. The Balaban J connectivity index is 1.12. The van der Waals surface area contributed by atoms with Gasteiger partial charge in [0.1, 0.15) is 11.2 Å². The second-order valence-corrected chi connectivity index (χ2v) is 13.2. The summed E-state index contributed by atoms with van der Waals surface area (Å²) in [6.07, 6.45) is 0. The maximum Gasteiger partial charge on any atom is 0.164 e. The van der Waals surface area contributed by atoms with Crippen molar-refractivity contribution < 1.29 is 4.42 Å². The van der Waals surface area contributed by atoms with Crippen molar-refractivity contribution in [2.75, 3.05) is 0 Å². The molecule has 11 rings (SSSR count). The number of benzene rings is 9. The van der Waals surface area contributed by atoms with E-state index in [1.165, 1.54) is 32.3 Å². The van der Waals surface area contributed by atoms with Crippen molar-refractivity contribution in [3.05, 3.63) is 164 Å². The quantitative estimate of drug-likeness (QED) is 0.179. The summed E-state index contributed by atoms with van der Waals surface area (Å²) >= 11 is 0. The number of hydrogen-bond donors (Lipinski definition) is 0. The number of rotatable bonds is 3. The Bertz CT molecular complexity index is 3200. The normalized spacial score (nSPS) is 11.9. The van der Waals surface area contributed by atoms with Crippen LogP contribution in [0, 0.1) is 0 Å². The van der Waals surface area contributed by atoms with Gasteiger partial charge in [-0.05, 0) is 67.4 Å². The molecule has 51 heavy (non-hydrogen) atoms. The second kappa shape index (κ2) is 10.8. The molecular weight excluding hydrogens is 623 g/mol. The van der Waals surface area contributed by atoms with Crippen LogP contribution in [0.1, 0.15) is 0 Å². The molecule has 0 amide bonds. The van der Waals surface area contributed by atoms with Gasteiger partial charge >= 0.3 is 0 Å². The van der Waals surface area contributed by atoms with E-state index in [0.29, 0.717) is 17.5 Å². The van der Waals surface area contributed by atoms with Gasteiger partial charge in [0.05, 0.1) is 0 Å². The predicted octanol–water partition coefficient (Wildman–Crippen LogP) is 12.5. The number of furan rings is 1. The molecule has 0 radical (unpaired) electrons. The largest absolute Gasteiger partial charge is 0.455 e. The second-order valence-electron chi connectivity index (χ2n) is 13.2. The lowest BCUT2D eigenvalue weighted by Crippen LogP contribution is -2.00. The van der Waals surface area contributed by atoms with E-state index in [2.05, 4.69) is 127 Å². The summed E-state index contributed by atoms with van der Waals surface area (Å²) < 4.78 is 6.55. The van der Waals surface area contributed by atoms with Gasteiger partial charge in [-0.1, -0.05) is 140 Å². The molecule has 0 bridgehead atoms. The average Bonchev–Trinajstić information content (AvgIpc) is 3.60. The first-order valence-corrected chi connectivity index (χ1v) is 17.2. The average molecular weight is 650 g/mol. The third-order valence-corrected chi connectivity index (χ3v) is 10.3. The van der Waals surface area contributed by atoms with Crippen LogP contribution in [0.2, 0.25) is 0 Å². The molecule has 236 valence electrons. The molecule has 0 atom stereocenters. The van der Waals surface area contributed by atoms with Crippen LogP contribution in [-0.2, 0) is 0 Å². The molecule has 4 nitrogen and oxygen atoms in total. The monoisotopic (exact) mass is 649 g/mol. The Hall–Kier alpha value is -6.91. The highest BCUT2D eigenvalue weighted by molar-refractivity contribution is 6.34. The van der Waals surface area contributed by atoms with Crippen molar-refractivity contribution in [3.8, 4) is 34.2 Å². The highest BCUT2D eigenvalue weighted by Gasteiger charge is 2.18. The zero-order valence-electron chi connectivity index (χ0n) is 27.3. The van der Waals surface area contributed by atoms with Crippen LogP contribution in [0.5, 0.6) is 0 Å². The molecule has 0 saturated heterocycles. The fraction of sp³-hybridized carbons (Fsp3) is 0. The molecular formula is C47H27N3O. The van der Waals surface area contributed by atoms with Gasteiger partial charge in [0, 0.05) is 38.2 Å². The highest BCUT2D eigenvalue weighted by Crippen LogP contribution is 2.43. The molecule has 0 unspecified atom stereocenters. The SMILES string of the molecule is c1ccc(-c2nc(-c3ccc4c(ccc5ccccc54)c3)nc(-c3ccc4c(ccc5c6oc7ccccc7c6c6ccccc6c45)c3)n2)cc1. The molecule has 4 heteroatoms. The number of nitrogens with zero attached hydrogens (tertiary/aromatic N) is 3. The van der Waals surface area contributed by atoms with E-state index in [1.807, 2.05) is 36.4 Å². The molecule has 0 saturated carbocycles. The Labute approximate surface area is 292 Å². The van der Waals surface area contributed by atoms with E-state index < -0.39 is 0 Å². The molecule has 2 aromatic heterocycles. The topological polar surface area (TPSA) is 51.8 Å². The first kappa shape index (κ1) is 28.0. The maximum atomic E-state index is 6.55. The van der Waals surface area contributed by atoms with E-state index in [9.17, 15) is 0 Å². The lowest BCUT2D eigenvalue weighted by Gasteiger charge is -2.12. The van der Waals surface area contributed by atoms with Crippen molar-refractivity contribution in [1.29, 1.82) is 0 Å². The van der Waals surface area contributed by atoms with Crippen LogP contribution in [0.25, 0.3) is 110 Å². The van der Waals surface area contributed by atoms with E-state index in [0.717, 1.165) is 60.2 Å². The molecule has 0 N–H and O–H groups in total. The zero-order valence-corrected chi connectivity index (χ0v) is 27.3. The number of fused-ring (bicyclic) bond motifs is 13. The maximum absolute atomic E-state index is 6.55. The first-order chi connectivity index (χ1) is 25.3. The number of hydrogen-bond acceptors (Lipinski definition) is 4. The summed E-state index contributed by atoms with van der Waals surface area (Å²) in [6.45, 7) is 0. The molecule has 0 spiro atoms. The van der Waals surface area contributed by atoms with Crippen molar-refractivity contribution in [2.45, 2.75) is 0 Å². The summed E-state index contributed by atoms with van der Waals surface area (Å²) in [5, 5.41) is 14.1. The van der Waals surface area contributed by atoms with Gasteiger partial charge < -0.3 is 4.42 Å². The molecule has 11 aromatic rings. The summed E-state index contributed by atoms with van der Waals surface area (Å²) in [5.74, 6) is 1.92. The minimum Gasteiger partial charge on any atom is -0.455 e. The van der Waals surface area contributed by atoms with Crippen molar-refractivity contribution in [2.24, 2.45) is 0 Å². The van der Waals surface area contributed by atoms with E-state index in [1.54, 1.807) is 0 Å². The van der Waals surface area contributed by atoms with Crippen LogP contribution in [0.3, 0.4) is 0 Å². The van der Waals surface area contributed by atoms with Crippen LogP contribution in [0.4, 0.5) is 0 Å². The fourth-order valence-corrected chi connectivity index (χ4v) is 7.87. The third kappa shape index (κ3) is 4.30. The number of para-hydroxylation sites is 1. The molecule has 0 aliphatic rings. The molecule has 9 aromatic carbocycles. The minimum atomic E-state index is 0.636. The van der Waals surface area contributed by atoms with Gasteiger partial charge in [-0.2, -0.15) is 0 Å². The lowest BCUT2D eigenvalue weighted by atomic mass is 9.92. The van der Waals surface area contributed by atoms with Crippen LogP contribution < -0.4 is 0 Å². The van der Waals surface area contributed by atoms with Crippen molar-refractivity contribution in [1.82, 2.24) is 15.0 Å². The summed E-state index contributed by atoms with van der Waals surface area (Å²) in [5.41, 5.74) is 4.66. The Morgan fingerprint density at radius 2 is 0.824 bits per heavy atom. The third-order valence-electron chi connectivity index (χ3n) is 10.3. The predicted molar refractivity (Wildman–Crippen MR) is 211 cm³/mol. The molecule has 0 fully saturated rings. The minimum absolute atomic E-state index is 0.636. The standard InChI is InChI=1S/C47H27N3O/c1-2-11-29(12-3-1)45-48-46(32-21-23-35-30(26-32)19-18-28-10-4-5-13-34(28)35)50-47(49-45)33-22-24-36-31(27-33)20-25-40-42(36)37-14-6-7-15-38(37)43-39-16-8-9-17-41(39)51-44(40)43/h1-27H. The van der Waals surface area contributed by atoms with Gasteiger partial charge in [-0.3, -0.25) is 0 Å². The molecule has 2 heterocycles. The molecule has 0 aliphatic carbocycles. The molecule has 0 aliphatic heterocycles. The van der Waals surface area contributed by atoms with Crippen LogP contribution in [0.15, 0.2) is 168 Å². The Kier molecular flexibility index (Phi) is 5.92. The van der Waals surface area contributed by atoms with Crippen LogP contribution >= 0.6 is 0 Å². The summed E-state index contributed by atoms with van der Waals surface area (Å²) in [7, 11) is 0. The van der Waals surface area contributed by atoms with Crippen molar-refractivity contribution in [3.63, 3.8) is 0 Å². The fourth-order valence-electron chi connectivity index (χ4n) is 7.87. The highest BCUT2D eigenvalue weighted by atomic mass is 16.3. The Morgan fingerprint density at radius 1 is 0.314 bits per heavy atom. The smallest absolute Gasteiger partial charge is 0.164 e. The van der Waals surface area contributed by atoms with E-state index in [-0.39, 0.29) is 0 Å². The van der Waals surface area contributed by atoms with E-state index >= 15 is 0 Å². The van der Waals surface area contributed by atoms with Gasteiger partial charge in [0.25, 0.3) is 0 Å². The summed E-state index contributed by atoms with van der Waals surface area (Å²) in [4.78, 5) is 15.2. The first-order valence-electron chi connectivity index (χ1n) is 17.2. The Morgan fingerprint density at radius 3 is 1.59 bits per heavy atom. The van der Waals surface area contributed by atoms with Gasteiger partial charge in [-0.25, -0.2) is 15.0 Å². The van der Waals surface area contributed by atoms with Gasteiger partial charge in [0.2, 0.25) is 0 Å². The van der Waals surface area contributed by atoms with Crippen LogP contribution in [-0.4, -0.2) is 15.0 Å². The van der Waals surface area contributed by atoms with Gasteiger partial charge in [0.15, 0.2) is 17.5 Å². The zero-order chi connectivity index (χ0) is 33.5. The van der Waals surface area contributed by atoms with E-state index in [4.69, 9.17) is 19.4 Å². The number of aromatic nitrogens is 3. The van der Waals surface area contributed by atoms with Crippen molar-refractivity contribution >= 4 is 75.8 Å². The van der Waals surface area contributed by atoms with Gasteiger partial charge in [-0.15, -0.1) is 0 Å².